The van der Waals surface area contributed by atoms with E-state index >= 15 is 0 Å². The third kappa shape index (κ3) is 7.19. The number of rotatable bonds is 9. The molecule has 0 bridgehead atoms. The molecule has 0 unspecified atom stereocenters. The van der Waals surface area contributed by atoms with Crippen LogP contribution < -0.4 is 15.8 Å². The SMILES string of the molecule is COc1ccc(C(=O)N(C)C)cc1NC(=O)CCCCCCN.Cl. The molecule has 0 aliphatic rings. The van der Waals surface area contributed by atoms with Crippen molar-refractivity contribution in [2.24, 2.45) is 5.73 Å². The number of nitrogens with one attached hydrogen (secondary N) is 1. The Hall–Kier alpha value is -1.79. The Morgan fingerprint density at radius 3 is 2.42 bits per heavy atom. The average Bonchev–Trinajstić information content (AvgIpc) is 2.53. The summed E-state index contributed by atoms with van der Waals surface area (Å²) in [6, 6.07) is 5.02. The van der Waals surface area contributed by atoms with Gasteiger partial charge in [-0.1, -0.05) is 12.8 Å². The van der Waals surface area contributed by atoms with Crippen LogP contribution in [0.5, 0.6) is 5.75 Å². The predicted molar refractivity (Wildman–Crippen MR) is 99.0 cm³/mol. The molecule has 0 fully saturated rings. The fourth-order valence-corrected chi connectivity index (χ4v) is 2.19. The number of nitrogens with two attached hydrogens (primary N) is 1. The van der Waals surface area contributed by atoms with E-state index in [9.17, 15) is 9.59 Å². The first-order valence-electron chi connectivity index (χ1n) is 7.89. The molecule has 24 heavy (non-hydrogen) atoms. The van der Waals surface area contributed by atoms with Gasteiger partial charge in [-0.15, -0.1) is 12.4 Å². The monoisotopic (exact) mass is 357 g/mol. The van der Waals surface area contributed by atoms with Gasteiger partial charge in [-0.25, -0.2) is 0 Å². The van der Waals surface area contributed by atoms with Crippen molar-refractivity contribution in [3.05, 3.63) is 23.8 Å². The molecule has 0 atom stereocenters. The van der Waals surface area contributed by atoms with Crippen molar-refractivity contribution in [3.8, 4) is 5.75 Å². The molecule has 1 aromatic rings. The lowest BCUT2D eigenvalue weighted by molar-refractivity contribution is -0.116. The van der Waals surface area contributed by atoms with Crippen molar-refractivity contribution in [1.29, 1.82) is 0 Å². The van der Waals surface area contributed by atoms with Gasteiger partial charge in [-0.05, 0) is 37.6 Å². The van der Waals surface area contributed by atoms with Crippen molar-refractivity contribution in [2.45, 2.75) is 32.1 Å². The number of amides is 2. The minimum Gasteiger partial charge on any atom is -0.495 e. The van der Waals surface area contributed by atoms with E-state index < -0.39 is 0 Å². The minimum atomic E-state index is -0.120. The zero-order valence-electron chi connectivity index (χ0n) is 14.6. The summed E-state index contributed by atoms with van der Waals surface area (Å²) in [6.07, 6.45) is 4.29. The summed E-state index contributed by atoms with van der Waals surface area (Å²) in [5, 5.41) is 2.83. The minimum absolute atomic E-state index is 0. The Labute approximate surface area is 150 Å². The number of halogens is 1. The highest BCUT2D eigenvalue weighted by atomic mass is 35.5. The number of unbranched alkanes of at least 4 members (excludes halogenated alkanes) is 3. The van der Waals surface area contributed by atoms with Crippen molar-refractivity contribution < 1.29 is 14.3 Å². The van der Waals surface area contributed by atoms with Gasteiger partial charge in [0.05, 0.1) is 12.8 Å². The van der Waals surface area contributed by atoms with Crippen molar-refractivity contribution in [1.82, 2.24) is 4.90 Å². The number of benzene rings is 1. The molecular formula is C17H28ClN3O3. The van der Waals surface area contributed by atoms with Crippen LogP contribution in [-0.2, 0) is 4.79 Å². The number of methoxy groups -OCH3 is 1. The fourth-order valence-electron chi connectivity index (χ4n) is 2.19. The number of carbonyl (C=O) groups is 2. The summed E-state index contributed by atoms with van der Waals surface area (Å²) < 4.78 is 5.25. The maximum absolute atomic E-state index is 12.0. The van der Waals surface area contributed by atoms with Crippen LogP contribution in [0, 0.1) is 0 Å². The molecule has 0 spiro atoms. The van der Waals surface area contributed by atoms with Crippen LogP contribution in [0.15, 0.2) is 18.2 Å². The second kappa shape index (κ2) is 11.7. The maximum atomic E-state index is 12.0. The van der Waals surface area contributed by atoms with Crippen molar-refractivity contribution in [2.75, 3.05) is 33.1 Å². The number of ether oxygens (including phenoxy) is 1. The summed E-state index contributed by atoms with van der Waals surface area (Å²) in [5.41, 5.74) is 6.47. The van der Waals surface area contributed by atoms with Gasteiger partial charge in [-0.2, -0.15) is 0 Å². The Morgan fingerprint density at radius 1 is 1.17 bits per heavy atom. The predicted octanol–water partition coefficient (Wildman–Crippen LogP) is 2.67. The first-order chi connectivity index (χ1) is 11.0. The molecule has 6 nitrogen and oxygen atoms in total. The molecule has 7 heteroatoms. The second-order valence-electron chi connectivity index (χ2n) is 5.62. The van der Waals surface area contributed by atoms with Crippen LogP contribution in [0.1, 0.15) is 42.5 Å². The van der Waals surface area contributed by atoms with E-state index in [0.29, 0.717) is 30.0 Å². The van der Waals surface area contributed by atoms with Crippen molar-refractivity contribution >= 4 is 29.9 Å². The average molecular weight is 358 g/mol. The van der Waals surface area contributed by atoms with Gasteiger partial charge >= 0.3 is 0 Å². The van der Waals surface area contributed by atoms with E-state index in [1.54, 1.807) is 32.3 Å². The van der Waals surface area contributed by atoms with E-state index in [0.717, 1.165) is 25.7 Å². The zero-order chi connectivity index (χ0) is 17.2. The van der Waals surface area contributed by atoms with Gasteiger partial charge in [-0.3, -0.25) is 9.59 Å². The molecule has 0 heterocycles. The van der Waals surface area contributed by atoms with Crippen LogP contribution in [0.25, 0.3) is 0 Å². The Kier molecular flexibility index (Phi) is 10.8. The van der Waals surface area contributed by atoms with Gasteiger partial charge < -0.3 is 20.7 Å². The fraction of sp³-hybridized carbons (Fsp3) is 0.529. The second-order valence-corrected chi connectivity index (χ2v) is 5.62. The Balaban J connectivity index is 0.00000529. The highest BCUT2D eigenvalue weighted by Gasteiger charge is 2.13. The van der Waals surface area contributed by atoms with Gasteiger partial charge in [0.25, 0.3) is 5.91 Å². The normalized spacial score (nSPS) is 9.83. The van der Waals surface area contributed by atoms with E-state index in [2.05, 4.69) is 5.32 Å². The van der Waals surface area contributed by atoms with Gasteiger partial charge in [0, 0.05) is 26.1 Å². The lowest BCUT2D eigenvalue weighted by atomic mass is 10.1. The zero-order valence-corrected chi connectivity index (χ0v) is 15.4. The third-order valence-corrected chi connectivity index (χ3v) is 3.48. The highest BCUT2D eigenvalue weighted by molar-refractivity contribution is 5.98. The van der Waals surface area contributed by atoms with Crippen LogP contribution in [0.2, 0.25) is 0 Å². The Morgan fingerprint density at radius 2 is 1.83 bits per heavy atom. The van der Waals surface area contributed by atoms with Gasteiger partial charge in [0.1, 0.15) is 5.75 Å². The standard InChI is InChI=1S/C17H27N3O3.ClH/c1-20(2)17(22)13-9-10-15(23-3)14(12-13)19-16(21)8-6-4-5-7-11-18;/h9-10,12H,4-8,11,18H2,1-3H3,(H,19,21);1H. The molecule has 0 aromatic heterocycles. The molecule has 136 valence electrons. The number of hydrogen-bond donors (Lipinski definition) is 2. The summed E-state index contributed by atoms with van der Waals surface area (Å²) in [7, 11) is 4.91. The number of hydrogen-bond acceptors (Lipinski definition) is 4. The Bertz CT molecular complexity index is 536. The largest absolute Gasteiger partial charge is 0.495 e. The lowest BCUT2D eigenvalue weighted by Crippen LogP contribution is -2.22. The van der Waals surface area contributed by atoms with Gasteiger partial charge in [0.15, 0.2) is 0 Å². The molecule has 1 rings (SSSR count). The summed E-state index contributed by atoms with van der Waals surface area (Å²) in [6.45, 7) is 0.691. The highest BCUT2D eigenvalue weighted by Crippen LogP contribution is 2.26. The first-order valence-corrected chi connectivity index (χ1v) is 7.89. The van der Waals surface area contributed by atoms with E-state index in [1.807, 2.05) is 0 Å². The van der Waals surface area contributed by atoms with Crippen LogP contribution >= 0.6 is 12.4 Å². The van der Waals surface area contributed by atoms with Crippen LogP contribution in [0.3, 0.4) is 0 Å². The topological polar surface area (TPSA) is 84.7 Å². The molecule has 0 saturated heterocycles. The number of anilines is 1. The van der Waals surface area contributed by atoms with E-state index in [1.165, 1.54) is 12.0 Å². The number of nitrogens with zero attached hydrogens (tertiary/aromatic N) is 1. The van der Waals surface area contributed by atoms with E-state index in [-0.39, 0.29) is 24.2 Å². The smallest absolute Gasteiger partial charge is 0.253 e. The summed E-state index contributed by atoms with van der Waals surface area (Å²) >= 11 is 0. The molecule has 0 aliphatic carbocycles. The first kappa shape index (κ1) is 22.2. The summed E-state index contributed by atoms with van der Waals surface area (Å²) in [5.74, 6) is 0.340. The van der Waals surface area contributed by atoms with E-state index in [4.69, 9.17) is 10.5 Å². The van der Waals surface area contributed by atoms with Gasteiger partial charge in [0.2, 0.25) is 5.91 Å². The molecule has 0 aliphatic heterocycles. The molecule has 0 radical (unpaired) electrons. The molecule has 0 saturated carbocycles. The molecule has 2 amide bonds. The molecular weight excluding hydrogens is 330 g/mol. The molecule has 3 N–H and O–H groups in total. The molecule has 1 aromatic carbocycles. The number of carbonyl (C=O) groups excluding carboxylic acids is 2. The third-order valence-electron chi connectivity index (χ3n) is 3.48. The lowest BCUT2D eigenvalue weighted by Gasteiger charge is -2.14. The van der Waals surface area contributed by atoms with Crippen LogP contribution in [0.4, 0.5) is 5.69 Å². The summed E-state index contributed by atoms with van der Waals surface area (Å²) in [4.78, 5) is 25.5. The quantitative estimate of drug-likeness (QED) is 0.665. The van der Waals surface area contributed by atoms with Crippen LogP contribution in [-0.4, -0.2) is 44.5 Å². The van der Waals surface area contributed by atoms with Crippen molar-refractivity contribution in [3.63, 3.8) is 0 Å². The maximum Gasteiger partial charge on any atom is 0.253 e.